The smallest absolute Gasteiger partial charge is 0.320 e. The summed E-state index contributed by atoms with van der Waals surface area (Å²) in [7, 11) is 0. The summed E-state index contributed by atoms with van der Waals surface area (Å²) >= 11 is 0. The molecule has 3 aromatic rings. The maximum Gasteiger partial charge on any atom is 0.320 e. The van der Waals surface area contributed by atoms with Gasteiger partial charge in [0.05, 0.1) is 37.3 Å². The van der Waals surface area contributed by atoms with Gasteiger partial charge in [-0.05, 0) is 70.9 Å². The standard InChI is InChI=1S/C32H48N10O3/c1-21-7-6-8-22(2)42(21)31-39-38-29-14-13-26(20-41(29)31)45-25-11-9-23(10-12-25)36-30(44)37-28(17-27(33)32(3,4)5)35-24-18-34-40(19-24)15-16-43/h13-14,17-23,25,33,35,43H,6-12,15-16H2,1-5H3,(H2,36,37,44)/b28-17+,33-27?/t21-,22+,23-,25-. The summed E-state index contributed by atoms with van der Waals surface area (Å²) in [5.74, 6) is 2.04. The molecule has 45 heavy (non-hydrogen) atoms. The number of ether oxygens (including phenoxy) is 1. The maximum absolute atomic E-state index is 13.1. The van der Waals surface area contributed by atoms with E-state index in [1.165, 1.54) is 6.42 Å². The minimum atomic E-state index is -0.393. The Labute approximate surface area is 264 Å². The van der Waals surface area contributed by atoms with Crippen molar-refractivity contribution in [1.82, 2.24) is 35.0 Å². The number of rotatable bonds is 10. The maximum atomic E-state index is 13.1. The molecule has 4 heterocycles. The Kier molecular flexibility index (Phi) is 9.96. The lowest BCUT2D eigenvalue weighted by Gasteiger charge is -2.39. The Bertz CT molecular complexity index is 1490. The zero-order valence-corrected chi connectivity index (χ0v) is 27.1. The topological polar surface area (TPSA) is 158 Å². The van der Waals surface area contributed by atoms with E-state index in [1.54, 1.807) is 23.2 Å². The summed E-state index contributed by atoms with van der Waals surface area (Å²) in [6.07, 6.45) is 13.8. The van der Waals surface area contributed by atoms with Crippen LogP contribution in [0.5, 0.6) is 5.75 Å². The number of aliphatic hydroxyl groups is 1. The van der Waals surface area contributed by atoms with E-state index in [1.807, 2.05) is 43.5 Å². The van der Waals surface area contributed by atoms with Crippen LogP contribution in [-0.4, -0.2) is 72.1 Å². The van der Waals surface area contributed by atoms with Crippen LogP contribution in [0, 0.1) is 10.8 Å². The first-order chi connectivity index (χ1) is 21.5. The van der Waals surface area contributed by atoms with Crippen molar-refractivity contribution in [3.05, 3.63) is 42.6 Å². The summed E-state index contributed by atoms with van der Waals surface area (Å²) in [5, 5.41) is 39.9. The molecular formula is C32H48N10O3. The van der Waals surface area contributed by atoms with Crippen molar-refractivity contribution in [1.29, 1.82) is 5.41 Å². The number of aliphatic hydroxyl groups excluding tert-OH is 1. The Hall–Kier alpha value is -4.13. The number of urea groups is 1. The fourth-order valence-corrected chi connectivity index (χ4v) is 6.05. The molecule has 2 fully saturated rings. The third kappa shape index (κ3) is 8.13. The van der Waals surface area contributed by atoms with Gasteiger partial charge in [0.25, 0.3) is 0 Å². The molecule has 2 aliphatic rings. The number of fused-ring (bicyclic) bond motifs is 1. The predicted octanol–water partition coefficient (Wildman–Crippen LogP) is 4.69. The van der Waals surface area contributed by atoms with Crippen molar-refractivity contribution in [3.63, 3.8) is 0 Å². The van der Waals surface area contributed by atoms with E-state index in [0.29, 0.717) is 35.8 Å². The fourth-order valence-electron chi connectivity index (χ4n) is 6.05. The Morgan fingerprint density at radius 2 is 1.82 bits per heavy atom. The number of piperidine rings is 1. The lowest BCUT2D eigenvalue weighted by molar-refractivity contribution is 0.140. The highest BCUT2D eigenvalue weighted by Crippen LogP contribution is 2.30. The first kappa shape index (κ1) is 32.3. The number of amides is 2. The molecule has 0 radical (unpaired) electrons. The molecule has 5 rings (SSSR count). The Morgan fingerprint density at radius 1 is 1.09 bits per heavy atom. The zero-order valence-electron chi connectivity index (χ0n) is 27.1. The molecule has 2 amide bonds. The van der Waals surface area contributed by atoms with Gasteiger partial charge in [-0.25, -0.2) is 4.79 Å². The van der Waals surface area contributed by atoms with Gasteiger partial charge in [0, 0.05) is 41.5 Å². The van der Waals surface area contributed by atoms with E-state index in [0.717, 1.165) is 55.9 Å². The highest BCUT2D eigenvalue weighted by atomic mass is 16.5. The first-order valence-electron chi connectivity index (χ1n) is 16.1. The van der Waals surface area contributed by atoms with Crippen molar-refractivity contribution >= 4 is 29.0 Å². The molecule has 244 valence electrons. The van der Waals surface area contributed by atoms with Crippen LogP contribution in [0.2, 0.25) is 0 Å². The number of hydrogen-bond acceptors (Lipinski definition) is 9. The van der Waals surface area contributed by atoms with E-state index >= 15 is 0 Å². The van der Waals surface area contributed by atoms with Gasteiger partial charge in [-0.1, -0.05) is 20.8 Å². The number of nitrogens with one attached hydrogen (secondary N) is 4. The van der Waals surface area contributed by atoms with E-state index in [9.17, 15) is 9.90 Å². The summed E-state index contributed by atoms with van der Waals surface area (Å²) in [6, 6.07) is 4.41. The van der Waals surface area contributed by atoms with Crippen molar-refractivity contribution in [2.24, 2.45) is 5.41 Å². The van der Waals surface area contributed by atoms with Gasteiger partial charge < -0.3 is 30.8 Å². The molecule has 1 aliphatic heterocycles. The zero-order chi connectivity index (χ0) is 32.1. The largest absolute Gasteiger partial charge is 0.489 e. The fraction of sp³-hybridized carbons (Fsp3) is 0.594. The molecule has 13 heteroatoms. The van der Waals surface area contributed by atoms with Crippen LogP contribution in [0.3, 0.4) is 0 Å². The number of pyridine rings is 1. The third-order valence-corrected chi connectivity index (χ3v) is 8.68. The van der Waals surface area contributed by atoms with Crippen molar-refractivity contribution in [3.8, 4) is 5.75 Å². The van der Waals surface area contributed by atoms with Crippen molar-refractivity contribution in [2.75, 3.05) is 16.8 Å². The molecule has 0 aromatic carbocycles. The van der Waals surface area contributed by atoms with Gasteiger partial charge in [0.2, 0.25) is 5.95 Å². The number of carbonyl (C=O) groups is 1. The number of carbonyl (C=O) groups excluding carboxylic acids is 1. The van der Waals surface area contributed by atoms with Crippen LogP contribution >= 0.6 is 0 Å². The molecule has 0 spiro atoms. The second-order valence-electron chi connectivity index (χ2n) is 13.4. The van der Waals surface area contributed by atoms with Gasteiger partial charge in [-0.3, -0.25) is 14.4 Å². The van der Waals surface area contributed by atoms with Crippen LogP contribution in [-0.2, 0) is 6.54 Å². The van der Waals surface area contributed by atoms with Crippen molar-refractivity contribution < 1.29 is 14.6 Å². The van der Waals surface area contributed by atoms with Gasteiger partial charge in [-0.15, -0.1) is 10.2 Å². The monoisotopic (exact) mass is 620 g/mol. The second kappa shape index (κ2) is 13.9. The molecule has 13 nitrogen and oxygen atoms in total. The molecule has 2 atom stereocenters. The number of nitrogens with zero attached hydrogens (tertiary/aromatic N) is 6. The lowest BCUT2D eigenvalue weighted by Crippen LogP contribution is -2.45. The van der Waals surface area contributed by atoms with Gasteiger partial charge in [0.1, 0.15) is 11.6 Å². The summed E-state index contributed by atoms with van der Waals surface area (Å²) in [4.78, 5) is 15.4. The van der Waals surface area contributed by atoms with Gasteiger partial charge >= 0.3 is 6.03 Å². The second-order valence-corrected chi connectivity index (χ2v) is 13.4. The molecule has 1 saturated heterocycles. The minimum absolute atomic E-state index is 0.00878. The highest BCUT2D eigenvalue weighted by Gasteiger charge is 2.29. The molecule has 0 bridgehead atoms. The summed E-state index contributed by atoms with van der Waals surface area (Å²) in [5.41, 5.74) is 1.42. The molecular weight excluding hydrogens is 572 g/mol. The SMILES string of the molecule is C[C@@H]1CCC[C@H](C)N1c1nnc2ccc(O[C@H]3CC[C@H](NC(=O)N/C(=C/C(=N)C(C)(C)C)Nc4cnn(CCO)c4)CC3)cn12. The number of hydrogen-bond donors (Lipinski definition) is 5. The van der Waals surface area contributed by atoms with Crippen LogP contribution < -0.4 is 25.6 Å². The van der Waals surface area contributed by atoms with Crippen LogP contribution in [0.25, 0.3) is 5.65 Å². The average Bonchev–Trinajstić information content (AvgIpc) is 3.60. The average molecular weight is 621 g/mol. The summed E-state index contributed by atoms with van der Waals surface area (Å²) in [6.45, 7) is 10.7. The Morgan fingerprint density at radius 3 is 2.51 bits per heavy atom. The molecule has 3 aromatic heterocycles. The molecule has 5 N–H and O–H groups in total. The first-order valence-corrected chi connectivity index (χ1v) is 16.1. The van der Waals surface area contributed by atoms with Crippen LogP contribution in [0.4, 0.5) is 16.4 Å². The number of anilines is 2. The van der Waals surface area contributed by atoms with Crippen LogP contribution in [0.15, 0.2) is 42.6 Å². The molecule has 0 unspecified atom stereocenters. The Balaban J connectivity index is 1.16. The van der Waals surface area contributed by atoms with E-state index in [4.69, 9.17) is 10.1 Å². The van der Waals surface area contributed by atoms with E-state index in [2.05, 4.69) is 50.0 Å². The number of allylic oxidation sites excluding steroid dienone is 1. The highest BCUT2D eigenvalue weighted by molar-refractivity contribution is 5.97. The van der Waals surface area contributed by atoms with Crippen LogP contribution in [0.1, 0.15) is 79.6 Å². The minimum Gasteiger partial charge on any atom is -0.489 e. The summed E-state index contributed by atoms with van der Waals surface area (Å²) < 4.78 is 10.1. The quantitative estimate of drug-likeness (QED) is 0.204. The lowest BCUT2D eigenvalue weighted by atomic mass is 9.90. The van der Waals surface area contributed by atoms with E-state index < -0.39 is 5.41 Å². The van der Waals surface area contributed by atoms with E-state index in [-0.39, 0.29) is 24.8 Å². The molecule has 1 saturated carbocycles. The van der Waals surface area contributed by atoms with Gasteiger partial charge in [-0.2, -0.15) is 5.10 Å². The van der Waals surface area contributed by atoms with Crippen molar-refractivity contribution in [2.45, 2.75) is 110 Å². The molecule has 1 aliphatic carbocycles. The third-order valence-electron chi connectivity index (χ3n) is 8.68. The van der Waals surface area contributed by atoms with Gasteiger partial charge in [0.15, 0.2) is 5.65 Å². The number of aromatic nitrogens is 5. The predicted molar refractivity (Wildman–Crippen MR) is 175 cm³/mol. The normalized spacial score (nSPS) is 22.7.